The van der Waals surface area contributed by atoms with Gasteiger partial charge in [-0.3, -0.25) is 15.5 Å². The first kappa shape index (κ1) is 18.8. The van der Waals surface area contributed by atoms with Gasteiger partial charge in [-0.15, -0.1) is 6.42 Å². The molecular weight excluding hydrogens is 385 g/mol. The van der Waals surface area contributed by atoms with Crippen molar-refractivity contribution in [1.82, 2.24) is 0 Å². The molecule has 1 aliphatic rings. The molecule has 0 bridgehead atoms. The molecule has 0 saturated heterocycles. The summed E-state index contributed by atoms with van der Waals surface area (Å²) in [6.07, 6.45) is 12.3. The van der Waals surface area contributed by atoms with E-state index in [9.17, 15) is 0 Å². The summed E-state index contributed by atoms with van der Waals surface area (Å²) in [5.74, 6) is 0. The number of allylic oxidation sites excluding steroid dienone is 4. The van der Waals surface area contributed by atoms with Crippen LogP contribution in [-0.4, -0.2) is 0 Å². The molecule has 2 rings (SSSR count). The quantitative estimate of drug-likeness (QED) is 0.528. The minimum absolute atomic E-state index is 0. The van der Waals surface area contributed by atoms with Crippen LogP contribution in [0.4, 0.5) is 9.41 Å². The first-order chi connectivity index (χ1) is 6.95. The van der Waals surface area contributed by atoms with E-state index in [-0.39, 0.29) is 35.3 Å². The van der Waals surface area contributed by atoms with Crippen molar-refractivity contribution in [3.63, 3.8) is 0 Å². The maximum Gasteiger partial charge on any atom is 0 e. The average Bonchev–Trinajstić information content (AvgIpc) is 2.72. The molecule has 0 N–H and O–H groups in total. The molecule has 0 fully saturated rings. The van der Waals surface area contributed by atoms with Crippen LogP contribution in [0, 0.1) is 6.08 Å². The number of benzene rings is 1. The summed E-state index contributed by atoms with van der Waals surface area (Å²) in [4.78, 5) is 0. The van der Waals surface area contributed by atoms with Gasteiger partial charge in [-0.05, 0) is 18.4 Å². The van der Waals surface area contributed by atoms with Crippen molar-refractivity contribution in [3.8, 4) is 0 Å². The van der Waals surface area contributed by atoms with Crippen molar-refractivity contribution in [2.24, 2.45) is 0 Å². The van der Waals surface area contributed by atoms with Gasteiger partial charge in [0.05, 0.1) is 0 Å². The Bertz CT molecular complexity index is 344. The number of rotatable bonds is 4. The Kier molecular flexibility index (Phi) is 11.7. The van der Waals surface area contributed by atoms with Gasteiger partial charge >= 0.3 is 0 Å². The van der Waals surface area contributed by atoms with Gasteiger partial charge in [0.25, 0.3) is 0 Å². The standard InChI is InChI=1S/C14H15.2FH.Hf/c1-2-7-13(8-3-1)11-6-12-14-9-4-5-10-14;;;/h1-4,7-9H,5-6,11-12H2;2*1H;/q-1;;;. The molecule has 3 heteroatoms. The average molecular weight is 402 g/mol. The summed E-state index contributed by atoms with van der Waals surface area (Å²) in [6, 6.07) is 10.7. The summed E-state index contributed by atoms with van der Waals surface area (Å²) in [5.41, 5.74) is 2.83. The molecule has 0 saturated carbocycles. The van der Waals surface area contributed by atoms with Gasteiger partial charge < -0.3 is 0 Å². The summed E-state index contributed by atoms with van der Waals surface area (Å²) in [7, 11) is 0. The third-order valence-corrected chi connectivity index (χ3v) is 2.52. The Morgan fingerprint density at radius 1 is 1.00 bits per heavy atom. The van der Waals surface area contributed by atoms with E-state index in [1.807, 2.05) is 0 Å². The van der Waals surface area contributed by atoms with Crippen LogP contribution in [0.3, 0.4) is 0 Å². The molecule has 0 unspecified atom stereocenters. The molecule has 1 aromatic carbocycles. The second kappa shape index (κ2) is 10.6. The van der Waals surface area contributed by atoms with Gasteiger partial charge in [0.2, 0.25) is 0 Å². The minimum atomic E-state index is 0. The van der Waals surface area contributed by atoms with Crippen LogP contribution < -0.4 is 0 Å². The van der Waals surface area contributed by atoms with Crippen LogP contribution in [0.1, 0.15) is 24.8 Å². The number of hydrogen-bond donors (Lipinski definition) is 0. The molecule has 0 aliphatic heterocycles. The number of hydrogen-bond acceptors (Lipinski definition) is 0. The molecule has 0 aromatic heterocycles. The van der Waals surface area contributed by atoms with E-state index in [1.165, 1.54) is 30.4 Å². The van der Waals surface area contributed by atoms with Crippen LogP contribution in [0.25, 0.3) is 0 Å². The Balaban J connectivity index is 0. The molecule has 0 nitrogen and oxygen atoms in total. The zero-order chi connectivity index (χ0) is 9.64. The van der Waals surface area contributed by atoms with Gasteiger partial charge in [-0.1, -0.05) is 36.8 Å². The summed E-state index contributed by atoms with van der Waals surface area (Å²) in [5, 5.41) is 0. The van der Waals surface area contributed by atoms with E-state index in [0.29, 0.717) is 0 Å². The smallest absolute Gasteiger partial charge is 0 e. The van der Waals surface area contributed by atoms with E-state index in [0.717, 1.165) is 6.42 Å². The molecule has 17 heavy (non-hydrogen) atoms. The SMILES string of the molecule is F.F.[C-]1=C(CCCc2ccccc2)C=CC1.[Hf]. The molecule has 1 aliphatic carbocycles. The number of aryl methyl sites for hydroxylation is 1. The second-order valence-corrected chi connectivity index (χ2v) is 3.65. The predicted octanol–water partition coefficient (Wildman–Crippen LogP) is 4.00. The van der Waals surface area contributed by atoms with E-state index < -0.39 is 0 Å². The van der Waals surface area contributed by atoms with Crippen molar-refractivity contribution in [1.29, 1.82) is 0 Å². The van der Waals surface area contributed by atoms with Crippen LogP contribution in [0.2, 0.25) is 0 Å². The first-order valence-corrected chi connectivity index (χ1v) is 5.25. The molecule has 0 heterocycles. The topological polar surface area (TPSA) is 0 Å². The Hall–Kier alpha value is -0.570. The van der Waals surface area contributed by atoms with Crippen molar-refractivity contribution in [2.45, 2.75) is 25.7 Å². The Morgan fingerprint density at radius 3 is 2.29 bits per heavy atom. The second-order valence-electron chi connectivity index (χ2n) is 3.65. The summed E-state index contributed by atoms with van der Waals surface area (Å²) >= 11 is 0. The zero-order valence-corrected chi connectivity index (χ0v) is 13.3. The molecule has 1 aromatic rings. The Labute approximate surface area is 120 Å². The summed E-state index contributed by atoms with van der Waals surface area (Å²) in [6.45, 7) is 0. The minimum Gasteiger partial charge on any atom is -0.269 e. The van der Waals surface area contributed by atoms with Gasteiger partial charge in [0, 0.05) is 25.8 Å². The fourth-order valence-corrected chi connectivity index (χ4v) is 1.75. The van der Waals surface area contributed by atoms with Crippen molar-refractivity contribution >= 4 is 0 Å². The van der Waals surface area contributed by atoms with Gasteiger partial charge in [0.15, 0.2) is 0 Å². The third kappa shape index (κ3) is 6.67. The van der Waals surface area contributed by atoms with Gasteiger partial charge in [-0.2, -0.15) is 6.08 Å². The van der Waals surface area contributed by atoms with E-state index in [4.69, 9.17) is 0 Å². The van der Waals surface area contributed by atoms with Crippen molar-refractivity contribution in [3.05, 3.63) is 59.7 Å². The molecule has 92 valence electrons. The monoisotopic (exact) mass is 403 g/mol. The van der Waals surface area contributed by atoms with Crippen LogP contribution in [0.5, 0.6) is 0 Å². The third-order valence-electron chi connectivity index (χ3n) is 2.52. The van der Waals surface area contributed by atoms with E-state index >= 15 is 0 Å². The largest absolute Gasteiger partial charge is 0.269 e. The summed E-state index contributed by atoms with van der Waals surface area (Å²) < 4.78 is 0. The molecule has 0 radical (unpaired) electrons. The van der Waals surface area contributed by atoms with Crippen LogP contribution in [0.15, 0.2) is 48.1 Å². The molecule has 0 spiro atoms. The Morgan fingerprint density at radius 2 is 1.71 bits per heavy atom. The first-order valence-electron chi connectivity index (χ1n) is 5.25. The van der Waals surface area contributed by atoms with Crippen LogP contribution >= 0.6 is 0 Å². The van der Waals surface area contributed by atoms with E-state index in [1.54, 1.807) is 0 Å². The fraction of sp³-hybridized carbons (Fsp3) is 0.286. The number of halogens is 2. The van der Waals surface area contributed by atoms with Gasteiger partial charge in [0.1, 0.15) is 0 Å². The molecule has 0 amide bonds. The molecular formula is C14H17F2Hf-. The van der Waals surface area contributed by atoms with Crippen molar-refractivity contribution < 1.29 is 35.3 Å². The van der Waals surface area contributed by atoms with Crippen molar-refractivity contribution in [2.75, 3.05) is 0 Å². The predicted molar refractivity (Wildman–Crippen MR) is 64.9 cm³/mol. The van der Waals surface area contributed by atoms with E-state index in [2.05, 4.69) is 48.6 Å². The zero-order valence-electron chi connectivity index (χ0n) is 9.69. The normalized spacial score (nSPS) is 11.9. The fourth-order valence-electron chi connectivity index (χ4n) is 1.75. The molecule has 0 atom stereocenters. The van der Waals surface area contributed by atoms with Gasteiger partial charge in [-0.25, -0.2) is 11.6 Å². The maximum absolute atomic E-state index is 3.35. The van der Waals surface area contributed by atoms with Crippen LogP contribution in [-0.2, 0) is 32.3 Å². The maximum atomic E-state index is 3.35.